The number of rotatable bonds is 8. The summed E-state index contributed by atoms with van der Waals surface area (Å²) in [6.45, 7) is 0.0436. The summed E-state index contributed by atoms with van der Waals surface area (Å²) in [5.74, 6) is 0.730. The summed E-state index contributed by atoms with van der Waals surface area (Å²) in [6, 6.07) is 13.3. The van der Waals surface area contributed by atoms with Gasteiger partial charge < -0.3 is 25.4 Å². The minimum absolute atomic E-state index is 0.143. The third-order valence-corrected chi connectivity index (χ3v) is 3.26. The lowest BCUT2D eigenvalue weighted by Crippen LogP contribution is -2.41. The van der Waals surface area contributed by atoms with Gasteiger partial charge in [0.05, 0.1) is 19.3 Å². The Hall–Kier alpha value is -1.66. The Kier molecular flexibility index (Phi) is 5.95. The highest BCUT2D eigenvalue weighted by Gasteiger charge is 2.10. The molecule has 5 heteroatoms. The van der Waals surface area contributed by atoms with Crippen molar-refractivity contribution < 1.29 is 20.1 Å². The van der Waals surface area contributed by atoms with E-state index < -0.39 is 12.1 Å². The zero-order chi connectivity index (χ0) is 15.1. The number of benzene rings is 2. The first kappa shape index (κ1) is 15.7. The van der Waals surface area contributed by atoms with Crippen LogP contribution in [0.4, 0.5) is 0 Å². The van der Waals surface area contributed by atoms with Crippen LogP contribution < -0.4 is 10.1 Å². The molecule has 0 saturated carbocycles. The molecule has 0 aliphatic carbocycles. The molecule has 4 N–H and O–H groups in total. The summed E-state index contributed by atoms with van der Waals surface area (Å²) in [5, 5.41) is 32.7. The van der Waals surface area contributed by atoms with E-state index in [4.69, 9.17) is 14.9 Å². The van der Waals surface area contributed by atoms with Crippen LogP contribution in [0.5, 0.6) is 5.75 Å². The van der Waals surface area contributed by atoms with E-state index in [2.05, 4.69) is 5.32 Å². The molecule has 0 fully saturated rings. The van der Waals surface area contributed by atoms with Crippen molar-refractivity contribution in [3.63, 3.8) is 0 Å². The van der Waals surface area contributed by atoms with E-state index in [-0.39, 0.29) is 26.4 Å². The van der Waals surface area contributed by atoms with Crippen LogP contribution >= 0.6 is 0 Å². The molecule has 2 aromatic carbocycles. The van der Waals surface area contributed by atoms with Crippen molar-refractivity contribution in [1.82, 2.24) is 5.32 Å². The second-order valence-electron chi connectivity index (χ2n) is 4.91. The molecule has 0 bridgehead atoms. The summed E-state index contributed by atoms with van der Waals surface area (Å²) >= 11 is 0. The lowest BCUT2D eigenvalue weighted by Gasteiger charge is -2.18. The number of ether oxygens (including phenoxy) is 1. The molecule has 0 spiro atoms. The highest BCUT2D eigenvalue weighted by atomic mass is 16.5. The lowest BCUT2D eigenvalue weighted by atomic mass is 10.1. The monoisotopic (exact) mass is 291 g/mol. The number of nitrogens with one attached hydrogen (secondary N) is 1. The maximum atomic E-state index is 9.87. The van der Waals surface area contributed by atoms with Crippen molar-refractivity contribution in [1.29, 1.82) is 0 Å². The van der Waals surface area contributed by atoms with Crippen LogP contribution in [-0.4, -0.2) is 53.8 Å². The van der Waals surface area contributed by atoms with Gasteiger partial charge in [-0.3, -0.25) is 0 Å². The van der Waals surface area contributed by atoms with Crippen molar-refractivity contribution in [2.24, 2.45) is 0 Å². The summed E-state index contributed by atoms with van der Waals surface area (Å²) in [5.41, 5.74) is 0. The Balaban J connectivity index is 1.89. The van der Waals surface area contributed by atoms with E-state index in [1.54, 1.807) is 0 Å². The van der Waals surface area contributed by atoms with Gasteiger partial charge in [-0.15, -0.1) is 0 Å². The smallest absolute Gasteiger partial charge is 0.127 e. The average molecular weight is 291 g/mol. The van der Waals surface area contributed by atoms with Crippen LogP contribution in [0.3, 0.4) is 0 Å². The van der Waals surface area contributed by atoms with Gasteiger partial charge in [0.15, 0.2) is 0 Å². The Bertz CT molecular complexity index is 551. The molecule has 2 aromatic rings. The maximum Gasteiger partial charge on any atom is 0.127 e. The summed E-state index contributed by atoms with van der Waals surface area (Å²) < 4.78 is 5.67. The maximum absolute atomic E-state index is 9.87. The molecule has 0 aliphatic rings. The van der Waals surface area contributed by atoms with Gasteiger partial charge in [-0.1, -0.05) is 36.4 Å². The topological polar surface area (TPSA) is 82.0 Å². The van der Waals surface area contributed by atoms with Gasteiger partial charge in [0, 0.05) is 11.9 Å². The highest BCUT2D eigenvalue weighted by Crippen LogP contribution is 2.25. The standard InChI is InChI=1S/C16H21NO4/c18-9-13(10-19)17-8-14(20)11-21-16-7-3-5-12-4-1-2-6-15(12)16/h1-7,13-14,17-20H,8-11H2/t14-/m0/s1. The van der Waals surface area contributed by atoms with E-state index in [1.165, 1.54) is 0 Å². The molecule has 0 aliphatic heterocycles. The fourth-order valence-corrected chi connectivity index (χ4v) is 2.06. The Morgan fingerprint density at radius 1 is 1.00 bits per heavy atom. The zero-order valence-corrected chi connectivity index (χ0v) is 11.8. The molecule has 0 unspecified atom stereocenters. The van der Waals surface area contributed by atoms with Gasteiger partial charge in [-0.25, -0.2) is 0 Å². The quantitative estimate of drug-likeness (QED) is 0.570. The first-order valence-corrected chi connectivity index (χ1v) is 6.98. The van der Waals surface area contributed by atoms with Crippen molar-refractivity contribution >= 4 is 10.8 Å². The van der Waals surface area contributed by atoms with E-state index >= 15 is 0 Å². The second-order valence-corrected chi connectivity index (χ2v) is 4.91. The summed E-state index contributed by atoms with van der Waals surface area (Å²) in [6.07, 6.45) is -0.718. The highest BCUT2D eigenvalue weighted by molar-refractivity contribution is 5.88. The molecule has 0 saturated heterocycles. The summed E-state index contributed by atoms with van der Waals surface area (Å²) in [4.78, 5) is 0. The lowest BCUT2D eigenvalue weighted by molar-refractivity contribution is 0.0936. The van der Waals surface area contributed by atoms with Gasteiger partial charge in [0.1, 0.15) is 18.5 Å². The number of fused-ring (bicyclic) bond motifs is 1. The molecular formula is C16H21NO4. The molecule has 2 rings (SSSR count). The molecule has 1 atom stereocenters. The fourth-order valence-electron chi connectivity index (χ4n) is 2.06. The van der Waals surface area contributed by atoms with E-state index in [0.717, 1.165) is 16.5 Å². The Labute approximate surface area is 123 Å². The molecule has 21 heavy (non-hydrogen) atoms. The predicted octanol–water partition coefficient (Wildman–Crippen LogP) is 0.522. The normalized spacial score (nSPS) is 12.8. The number of hydrogen-bond acceptors (Lipinski definition) is 5. The average Bonchev–Trinajstić information content (AvgIpc) is 2.53. The van der Waals surface area contributed by atoms with Crippen molar-refractivity contribution in [2.45, 2.75) is 12.1 Å². The molecule has 0 amide bonds. The van der Waals surface area contributed by atoms with Crippen LogP contribution in [0.25, 0.3) is 10.8 Å². The predicted molar refractivity (Wildman–Crippen MR) is 81.4 cm³/mol. The molecular weight excluding hydrogens is 270 g/mol. The van der Waals surface area contributed by atoms with Gasteiger partial charge in [0.2, 0.25) is 0 Å². The summed E-state index contributed by atoms with van der Waals surface area (Å²) in [7, 11) is 0. The third kappa shape index (κ3) is 4.41. The van der Waals surface area contributed by atoms with Crippen LogP contribution in [0.2, 0.25) is 0 Å². The van der Waals surface area contributed by atoms with Crippen molar-refractivity contribution in [3.8, 4) is 5.75 Å². The zero-order valence-electron chi connectivity index (χ0n) is 11.8. The first-order valence-electron chi connectivity index (χ1n) is 6.98. The minimum Gasteiger partial charge on any atom is -0.490 e. The van der Waals surface area contributed by atoms with Crippen molar-refractivity contribution in [3.05, 3.63) is 42.5 Å². The van der Waals surface area contributed by atoms with Gasteiger partial charge in [-0.2, -0.15) is 0 Å². The van der Waals surface area contributed by atoms with Crippen LogP contribution in [-0.2, 0) is 0 Å². The van der Waals surface area contributed by atoms with Gasteiger partial charge >= 0.3 is 0 Å². The van der Waals surface area contributed by atoms with E-state index in [1.807, 2.05) is 42.5 Å². The first-order chi connectivity index (χ1) is 10.2. The molecule has 5 nitrogen and oxygen atoms in total. The fraction of sp³-hybridized carbons (Fsp3) is 0.375. The van der Waals surface area contributed by atoms with Crippen molar-refractivity contribution in [2.75, 3.05) is 26.4 Å². The Morgan fingerprint density at radius 2 is 1.71 bits per heavy atom. The number of hydrogen-bond donors (Lipinski definition) is 4. The van der Waals surface area contributed by atoms with E-state index in [0.29, 0.717) is 0 Å². The molecule has 0 radical (unpaired) electrons. The largest absolute Gasteiger partial charge is 0.490 e. The minimum atomic E-state index is -0.718. The van der Waals surface area contributed by atoms with E-state index in [9.17, 15) is 5.11 Å². The second kappa shape index (κ2) is 7.95. The number of aliphatic hydroxyl groups is 3. The molecule has 0 heterocycles. The van der Waals surface area contributed by atoms with Gasteiger partial charge in [0.25, 0.3) is 0 Å². The molecule has 114 valence electrons. The number of aliphatic hydroxyl groups excluding tert-OH is 3. The third-order valence-electron chi connectivity index (χ3n) is 3.26. The van der Waals surface area contributed by atoms with Crippen LogP contribution in [0, 0.1) is 0 Å². The Morgan fingerprint density at radius 3 is 2.48 bits per heavy atom. The SMILES string of the molecule is OCC(CO)NC[C@H](O)COc1cccc2ccccc12. The molecule has 0 aromatic heterocycles. The van der Waals surface area contributed by atoms with Crippen LogP contribution in [0.1, 0.15) is 0 Å². The van der Waals surface area contributed by atoms with Crippen LogP contribution in [0.15, 0.2) is 42.5 Å². The van der Waals surface area contributed by atoms with Gasteiger partial charge in [-0.05, 0) is 11.5 Å².